The summed E-state index contributed by atoms with van der Waals surface area (Å²) in [6.45, 7) is 0. The van der Waals surface area contributed by atoms with Gasteiger partial charge in [-0.05, 0) is 18.6 Å². The summed E-state index contributed by atoms with van der Waals surface area (Å²) in [5.41, 5.74) is 3.85. The van der Waals surface area contributed by atoms with Gasteiger partial charge in [0.05, 0.1) is 10.2 Å². The third-order valence-electron chi connectivity index (χ3n) is 4.23. The molecule has 0 saturated heterocycles. The van der Waals surface area contributed by atoms with E-state index >= 15 is 0 Å². The SMILES string of the molecule is C1=Cc2sc3c(ccc4c5ccccc5[nH]c43)c2C=CC1. The van der Waals surface area contributed by atoms with Crippen molar-refractivity contribution in [3.8, 4) is 0 Å². The maximum Gasteiger partial charge on any atom is 0.0646 e. The number of aromatic nitrogens is 1. The van der Waals surface area contributed by atoms with Crippen LogP contribution in [0.2, 0.25) is 0 Å². The summed E-state index contributed by atoms with van der Waals surface area (Å²) in [5.74, 6) is 0. The van der Waals surface area contributed by atoms with Crippen molar-refractivity contribution in [2.24, 2.45) is 0 Å². The monoisotopic (exact) mass is 287 g/mol. The molecule has 5 rings (SSSR count). The number of thiophene rings is 1. The molecular formula is C19H13NS. The zero-order chi connectivity index (χ0) is 13.8. The van der Waals surface area contributed by atoms with E-state index in [-0.39, 0.29) is 0 Å². The lowest BCUT2D eigenvalue weighted by Crippen LogP contribution is -1.72. The Kier molecular flexibility index (Phi) is 2.21. The van der Waals surface area contributed by atoms with Crippen molar-refractivity contribution in [3.05, 3.63) is 59.0 Å². The second kappa shape index (κ2) is 4.09. The van der Waals surface area contributed by atoms with E-state index in [0.29, 0.717) is 0 Å². The molecular weight excluding hydrogens is 274 g/mol. The van der Waals surface area contributed by atoms with Crippen LogP contribution in [0.5, 0.6) is 0 Å². The Morgan fingerprint density at radius 2 is 1.71 bits per heavy atom. The van der Waals surface area contributed by atoms with E-state index in [9.17, 15) is 0 Å². The second-order valence-corrected chi connectivity index (χ2v) is 6.51. The van der Waals surface area contributed by atoms with E-state index in [0.717, 1.165) is 6.42 Å². The Morgan fingerprint density at radius 1 is 0.857 bits per heavy atom. The molecule has 0 radical (unpaired) electrons. The fourth-order valence-corrected chi connectivity index (χ4v) is 4.47. The van der Waals surface area contributed by atoms with Gasteiger partial charge in [-0.15, -0.1) is 11.3 Å². The van der Waals surface area contributed by atoms with Gasteiger partial charge in [0, 0.05) is 32.1 Å². The minimum Gasteiger partial charge on any atom is -0.353 e. The summed E-state index contributed by atoms with van der Waals surface area (Å²) in [7, 11) is 0. The molecule has 1 aliphatic carbocycles. The summed E-state index contributed by atoms with van der Waals surface area (Å²) in [6, 6.07) is 13.1. The van der Waals surface area contributed by atoms with Crippen molar-refractivity contribution >= 4 is 55.4 Å². The van der Waals surface area contributed by atoms with Gasteiger partial charge in [0.25, 0.3) is 0 Å². The van der Waals surface area contributed by atoms with Crippen LogP contribution in [0.1, 0.15) is 16.9 Å². The predicted octanol–water partition coefficient (Wildman–Crippen LogP) is 5.97. The maximum absolute atomic E-state index is 3.61. The van der Waals surface area contributed by atoms with E-state index in [1.807, 2.05) is 11.3 Å². The Morgan fingerprint density at radius 3 is 2.71 bits per heavy atom. The molecule has 1 nitrogen and oxygen atoms in total. The van der Waals surface area contributed by atoms with Gasteiger partial charge in [-0.1, -0.05) is 48.6 Å². The van der Waals surface area contributed by atoms with Crippen LogP contribution >= 0.6 is 11.3 Å². The molecule has 0 saturated carbocycles. The van der Waals surface area contributed by atoms with Crippen molar-refractivity contribution in [1.29, 1.82) is 0 Å². The summed E-state index contributed by atoms with van der Waals surface area (Å²) in [5, 5.41) is 3.99. The van der Waals surface area contributed by atoms with Crippen LogP contribution in [-0.2, 0) is 0 Å². The first-order chi connectivity index (χ1) is 10.4. The summed E-state index contributed by atoms with van der Waals surface area (Å²) in [4.78, 5) is 4.97. The van der Waals surface area contributed by atoms with Gasteiger partial charge >= 0.3 is 0 Å². The number of allylic oxidation sites excluding steroid dienone is 2. The van der Waals surface area contributed by atoms with E-state index in [4.69, 9.17) is 0 Å². The highest BCUT2D eigenvalue weighted by molar-refractivity contribution is 7.21. The molecule has 2 heterocycles. The first-order valence-corrected chi connectivity index (χ1v) is 8.02. The highest BCUT2D eigenvalue weighted by atomic mass is 32.1. The number of fused-ring (bicyclic) bond motifs is 7. The minimum absolute atomic E-state index is 1.03. The highest BCUT2D eigenvalue weighted by Crippen LogP contribution is 2.40. The number of H-pyrrole nitrogens is 1. The normalized spacial score (nSPS) is 14.1. The molecule has 21 heavy (non-hydrogen) atoms. The van der Waals surface area contributed by atoms with Gasteiger partial charge in [0.1, 0.15) is 0 Å². The summed E-state index contributed by atoms with van der Waals surface area (Å²) in [6.07, 6.45) is 10.0. The first-order valence-electron chi connectivity index (χ1n) is 7.21. The highest BCUT2D eigenvalue weighted by Gasteiger charge is 2.14. The van der Waals surface area contributed by atoms with Gasteiger partial charge in [0.2, 0.25) is 0 Å². The standard InChI is InChI=1S/C19H13NS/c1-2-7-13-15-11-10-14-12-6-4-5-8-16(12)20-18(14)19(15)21-17(13)9-3-1/h2-11,20H,1H2. The quantitative estimate of drug-likeness (QED) is 0.410. The van der Waals surface area contributed by atoms with Gasteiger partial charge in [-0.2, -0.15) is 0 Å². The molecule has 0 amide bonds. The second-order valence-electron chi connectivity index (χ2n) is 5.46. The first kappa shape index (κ1) is 11.4. The third-order valence-corrected chi connectivity index (χ3v) is 5.43. The largest absolute Gasteiger partial charge is 0.353 e. The Bertz CT molecular complexity index is 1060. The smallest absolute Gasteiger partial charge is 0.0646 e. The number of hydrogen-bond acceptors (Lipinski definition) is 1. The van der Waals surface area contributed by atoms with Crippen LogP contribution < -0.4 is 0 Å². The molecule has 4 aromatic rings. The molecule has 0 spiro atoms. The van der Waals surface area contributed by atoms with Crippen LogP contribution in [0.3, 0.4) is 0 Å². The Labute approximate surface area is 126 Å². The van der Waals surface area contributed by atoms with Crippen LogP contribution in [0.25, 0.3) is 44.0 Å². The van der Waals surface area contributed by atoms with Crippen LogP contribution in [0, 0.1) is 0 Å². The number of benzene rings is 2. The molecule has 0 fully saturated rings. The van der Waals surface area contributed by atoms with Crippen LogP contribution in [0.4, 0.5) is 0 Å². The number of para-hydroxylation sites is 1. The molecule has 0 aliphatic heterocycles. The van der Waals surface area contributed by atoms with Crippen molar-refractivity contribution < 1.29 is 0 Å². The van der Waals surface area contributed by atoms with Gasteiger partial charge in [-0.25, -0.2) is 0 Å². The lowest BCUT2D eigenvalue weighted by atomic mass is 10.1. The zero-order valence-electron chi connectivity index (χ0n) is 11.4. The summed E-state index contributed by atoms with van der Waals surface area (Å²) >= 11 is 1.89. The predicted molar refractivity (Wildman–Crippen MR) is 93.9 cm³/mol. The van der Waals surface area contributed by atoms with Crippen LogP contribution in [-0.4, -0.2) is 4.98 Å². The van der Waals surface area contributed by atoms with Crippen molar-refractivity contribution in [2.75, 3.05) is 0 Å². The molecule has 1 aliphatic rings. The average molecular weight is 287 g/mol. The fourth-order valence-electron chi connectivity index (χ4n) is 3.24. The third kappa shape index (κ3) is 1.51. The average Bonchev–Trinajstić information content (AvgIpc) is 2.97. The van der Waals surface area contributed by atoms with E-state index in [2.05, 4.69) is 65.7 Å². The number of aromatic amines is 1. The van der Waals surface area contributed by atoms with Crippen LogP contribution in [0.15, 0.2) is 48.6 Å². The summed E-state index contributed by atoms with van der Waals surface area (Å²) < 4.78 is 1.37. The molecule has 0 atom stereocenters. The van der Waals surface area contributed by atoms with Gasteiger partial charge < -0.3 is 4.98 Å². The molecule has 1 N–H and O–H groups in total. The van der Waals surface area contributed by atoms with Crippen molar-refractivity contribution in [3.63, 3.8) is 0 Å². The molecule has 0 bridgehead atoms. The van der Waals surface area contributed by atoms with E-state index in [1.165, 1.54) is 42.3 Å². The Hall–Kier alpha value is -2.32. The van der Waals surface area contributed by atoms with Gasteiger partial charge in [0.15, 0.2) is 0 Å². The molecule has 0 unspecified atom stereocenters. The van der Waals surface area contributed by atoms with E-state index < -0.39 is 0 Å². The van der Waals surface area contributed by atoms with Crippen molar-refractivity contribution in [1.82, 2.24) is 4.98 Å². The molecule has 2 aromatic heterocycles. The molecule has 2 heteroatoms. The maximum atomic E-state index is 3.61. The minimum atomic E-state index is 1.03. The fraction of sp³-hybridized carbons (Fsp3) is 0.0526. The lowest BCUT2D eigenvalue weighted by molar-refractivity contribution is 1.44. The molecule has 2 aromatic carbocycles. The van der Waals surface area contributed by atoms with E-state index in [1.54, 1.807) is 0 Å². The van der Waals surface area contributed by atoms with Crippen molar-refractivity contribution in [2.45, 2.75) is 6.42 Å². The lowest BCUT2D eigenvalue weighted by Gasteiger charge is -1.95. The zero-order valence-corrected chi connectivity index (χ0v) is 12.2. The van der Waals surface area contributed by atoms with Gasteiger partial charge in [-0.3, -0.25) is 0 Å². The number of hydrogen-bond donors (Lipinski definition) is 1. The number of rotatable bonds is 0. The Balaban J connectivity index is 1.99. The topological polar surface area (TPSA) is 15.8 Å². The molecule has 100 valence electrons. The number of nitrogens with one attached hydrogen (secondary N) is 1.